The maximum Gasteiger partial charge on any atom is 0.417 e. The molecule has 0 aromatic carbocycles. The first-order chi connectivity index (χ1) is 8.39. The molecule has 0 bridgehead atoms. The van der Waals surface area contributed by atoms with E-state index in [0.29, 0.717) is 5.56 Å². The molecule has 2 aromatic rings. The van der Waals surface area contributed by atoms with Gasteiger partial charge in [0.2, 0.25) is 0 Å². The molecule has 6 heteroatoms. The fourth-order valence-corrected chi connectivity index (χ4v) is 1.62. The van der Waals surface area contributed by atoms with Crippen LogP contribution in [0.25, 0.3) is 11.1 Å². The van der Waals surface area contributed by atoms with Crippen LogP contribution in [-0.2, 0) is 6.18 Å². The lowest BCUT2D eigenvalue weighted by Crippen LogP contribution is -2.10. The van der Waals surface area contributed by atoms with Gasteiger partial charge in [-0.3, -0.25) is 9.78 Å². The molecule has 1 N–H and O–H groups in total. The van der Waals surface area contributed by atoms with Crippen LogP contribution >= 0.6 is 0 Å². The van der Waals surface area contributed by atoms with Gasteiger partial charge in [-0.05, 0) is 19.1 Å². The second-order valence-corrected chi connectivity index (χ2v) is 3.82. The molecular formula is C12H9F3N2O. The molecule has 0 spiro atoms. The number of hydrogen-bond acceptors (Lipinski definition) is 2. The lowest BCUT2D eigenvalue weighted by atomic mass is 10.0. The fourth-order valence-electron chi connectivity index (χ4n) is 1.62. The predicted octanol–water partition coefficient (Wildman–Crippen LogP) is 2.76. The molecule has 0 unspecified atom stereocenters. The number of pyridine rings is 2. The summed E-state index contributed by atoms with van der Waals surface area (Å²) in [6, 6.07) is 2.32. The van der Waals surface area contributed by atoms with Crippen LogP contribution in [0.1, 0.15) is 11.1 Å². The third kappa shape index (κ3) is 2.27. The zero-order valence-corrected chi connectivity index (χ0v) is 9.38. The van der Waals surface area contributed by atoms with Gasteiger partial charge in [-0.2, -0.15) is 13.2 Å². The number of H-pyrrole nitrogens is 1. The van der Waals surface area contributed by atoms with Crippen LogP contribution in [0.2, 0.25) is 0 Å². The number of halogens is 3. The van der Waals surface area contributed by atoms with E-state index in [9.17, 15) is 18.0 Å². The smallest absolute Gasteiger partial charge is 0.328 e. The van der Waals surface area contributed by atoms with Crippen LogP contribution < -0.4 is 5.56 Å². The van der Waals surface area contributed by atoms with E-state index in [4.69, 9.17) is 0 Å². The molecule has 0 fully saturated rings. The average molecular weight is 254 g/mol. The summed E-state index contributed by atoms with van der Waals surface area (Å²) in [6.45, 7) is 1.53. The van der Waals surface area contributed by atoms with Gasteiger partial charge in [-0.1, -0.05) is 0 Å². The number of nitrogens with zero attached hydrogens (tertiary/aromatic N) is 1. The van der Waals surface area contributed by atoms with Crippen molar-refractivity contribution in [2.75, 3.05) is 0 Å². The quantitative estimate of drug-likeness (QED) is 0.850. The Morgan fingerprint density at radius 3 is 2.67 bits per heavy atom. The normalized spacial score (nSPS) is 11.6. The summed E-state index contributed by atoms with van der Waals surface area (Å²) < 4.78 is 38.4. The average Bonchev–Trinajstić information content (AvgIpc) is 2.32. The molecular weight excluding hydrogens is 245 g/mol. The highest BCUT2D eigenvalue weighted by molar-refractivity contribution is 5.66. The summed E-state index contributed by atoms with van der Waals surface area (Å²) in [5.41, 5.74) is -0.512. The standard InChI is InChI=1S/C12H9F3N2O/c1-7-4-8(5-17-11(7)18)9-6-16-3-2-10(9)12(13,14)15/h2-6H,1H3,(H,17,18). The molecule has 0 aliphatic carbocycles. The number of hydrogen-bond donors (Lipinski definition) is 1. The molecule has 0 amide bonds. The molecule has 2 rings (SSSR count). The Morgan fingerprint density at radius 1 is 1.33 bits per heavy atom. The third-order valence-corrected chi connectivity index (χ3v) is 2.53. The molecule has 94 valence electrons. The Balaban J connectivity index is 2.64. The Labute approximate surface area is 100 Å². The second kappa shape index (κ2) is 4.29. The number of aromatic amines is 1. The van der Waals surface area contributed by atoms with Crippen molar-refractivity contribution in [1.82, 2.24) is 9.97 Å². The molecule has 2 heterocycles. The minimum Gasteiger partial charge on any atom is -0.328 e. The Hall–Kier alpha value is -2.11. The summed E-state index contributed by atoms with van der Waals surface area (Å²) in [7, 11) is 0. The van der Waals surface area contributed by atoms with Gasteiger partial charge in [0.15, 0.2) is 0 Å². The summed E-state index contributed by atoms with van der Waals surface area (Å²) in [6.07, 6.45) is -0.981. The third-order valence-electron chi connectivity index (χ3n) is 2.53. The van der Waals surface area contributed by atoms with Crippen molar-refractivity contribution in [3.8, 4) is 11.1 Å². The van der Waals surface area contributed by atoms with Gasteiger partial charge in [0, 0.05) is 35.3 Å². The van der Waals surface area contributed by atoms with Crippen molar-refractivity contribution in [3.63, 3.8) is 0 Å². The van der Waals surface area contributed by atoms with Gasteiger partial charge in [-0.25, -0.2) is 0 Å². The molecule has 0 aliphatic heterocycles. The van der Waals surface area contributed by atoms with E-state index >= 15 is 0 Å². The van der Waals surface area contributed by atoms with Crippen molar-refractivity contribution in [1.29, 1.82) is 0 Å². The SMILES string of the molecule is Cc1cc(-c2cnccc2C(F)(F)F)c[nH]c1=O. The van der Waals surface area contributed by atoms with Crippen molar-refractivity contribution >= 4 is 0 Å². The van der Waals surface area contributed by atoms with Crippen LogP contribution in [0.15, 0.2) is 35.5 Å². The highest BCUT2D eigenvalue weighted by Gasteiger charge is 2.33. The first-order valence-electron chi connectivity index (χ1n) is 5.10. The predicted molar refractivity (Wildman–Crippen MR) is 60.0 cm³/mol. The van der Waals surface area contributed by atoms with Gasteiger partial charge in [0.1, 0.15) is 0 Å². The Kier molecular flexibility index (Phi) is 2.94. The van der Waals surface area contributed by atoms with E-state index in [1.54, 1.807) is 0 Å². The maximum absolute atomic E-state index is 12.8. The summed E-state index contributed by atoms with van der Waals surface area (Å²) in [5.74, 6) is 0. The van der Waals surface area contributed by atoms with E-state index in [0.717, 1.165) is 18.5 Å². The minimum absolute atomic E-state index is 0.0515. The van der Waals surface area contributed by atoms with Crippen LogP contribution in [0, 0.1) is 6.92 Å². The molecule has 18 heavy (non-hydrogen) atoms. The number of aromatic nitrogens is 2. The number of rotatable bonds is 1. The van der Waals surface area contributed by atoms with Crippen molar-refractivity contribution in [3.05, 3.63) is 52.2 Å². The lowest BCUT2D eigenvalue weighted by Gasteiger charge is -2.12. The fraction of sp³-hybridized carbons (Fsp3) is 0.167. The van der Waals surface area contributed by atoms with Crippen LogP contribution in [0.3, 0.4) is 0 Å². The molecule has 3 nitrogen and oxygen atoms in total. The zero-order valence-electron chi connectivity index (χ0n) is 9.38. The highest BCUT2D eigenvalue weighted by Crippen LogP contribution is 2.36. The van der Waals surface area contributed by atoms with E-state index in [2.05, 4.69) is 9.97 Å². The number of alkyl halides is 3. The van der Waals surface area contributed by atoms with E-state index in [1.807, 2.05) is 0 Å². The molecule has 0 saturated carbocycles. The Morgan fingerprint density at radius 2 is 2.06 bits per heavy atom. The van der Waals surface area contributed by atoms with E-state index in [1.165, 1.54) is 19.2 Å². The molecule has 0 atom stereocenters. The van der Waals surface area contributed by atoms with Gasteiger partial charge in [0.05, 0.1) is 5.56 Å². The largest absolute Gasteiger partial charge is 0.417 e. The van der Waals surface area contributed by atoms with Crippen molar-refractivity contribution < 1.29 is 13.2 Å². The van der Waals surface area contributed by atoms with E-state index < -0.39 is 11.7 Å². The summed E-state index contributed by atoms with van der Waals surface area (Å²) in [5, 5.41) is 0. The monoisotopic (exact) mass is 254 g/mol. The zero-order chi connectivity index (χ0) is 13.3. The van der Waals surface area contributed by atoms with Gasteiger partial charge in [0.25, 0.3) is 5.56 Å². The molecule has 0 aliphatic rings. The summed E-state index contributed by atoms with van der Waals surface area (Å²) in [4.78, 5) is 17.3. The number of nitrogens with one attached hydrogen (secondary N) is 1. The molecule has 2 aromatic heterocycles. The minimum atomic E-state index is -4.46. The number of aryl methyl sites for hydroxylation is 1. The van der Waals surface area contributed by atoms with Crippen LogP contribution in [0.5, 0.6) is 0 Å². The first-order valence-corrected chi connectivity index (χ1v) is 5.10. The first kappa shape index (κ1) is 12.3. The van der Waals surface area contributed by atoms with Crippen LogP contribution in [-0.4, -0.2) is 9.97 Å². The Bertz CT molecular complexity index is 632. The highest BCUT2D eigenvalue weighted by atomic mass is 19.4. The van der Waals surface area contributed by atoms with Gasteiger partial charge < -0.3 is 4.98 Å². The second-order valence-electron chi connectivity index (χ2n) is 3.82. The maximum atomic E-state index is 12.8. The van der Waals surface area contributed by atoms with Crippen molar-refractivity contribution in [2.24, 2.45) is 0 Å². The van der Waals surface area contributed by atoms with E-state index in [-0.39, 0.29) is 16.7 Å². The lowest BCUT2D eigenvalue weighted by molar-refractivity contribution is -0.137. The van der Waals surface area contributed by atoms with Gasteiger partial charge in [-0.15, -0.1) is 0 Å². The topological polar surface area (TPSA) is 45.8 Å². The molecule has 0 radical (unpaired) electrons. The summed E-state index contributed by atoms with van der Waals surface area (Å²) >= 11 is 0. The van der Waals surface area contributed by atoms with Crippen molar-refractivity contribution in [2.45, 2.75) is 13.1 Å². The van der Waals surface area contributed by atoms with Crippen LogP contribution in [0.4, 0.5) is 13.2 Å². The van der Waals surface area contributed by atoms with Gasteiger partial charge >= 0.3 is 6.18 Å². The molecule has 0 saturated heterocycles.